The molecular weight excluding hydrogens is 552 g/mol. The molecule has 42 heavy (non-hydrogen) atoms. The maximum absolute atomic E-state index is 9.39. The van der Waals surface area contributed by atoms with Crippen LogP contribution in [0.5, 0.6) is 11.8 Å². The lowest BCUT2D eigenvalue weighted by Crippen LogP contribution is -2.51. The van der Waals surface area contributed by atoms with Crippen molar-refractivity contribution in [2.45, 2.75) is 51.1 Å². The lowest BCUT2D eigenvalue weighted by atomic mass is 9.90. The standard InChI is InChI=1S/C31H35ClN8O2/c1-18-13-24-23(15-35-38-24)26(28(18)32)22-14-25-27(29-21(22)6-4-12-41-29)30(40-11-9-34-19(16-40)7-8-33)37-31(36-25)42-17-20-5-3-10-39(20)2/h13-15,19-20,34H,3-7,9-12,16-17H2,1-2H3,(H,35,38)/t19-,20-/m0/s1. The van der Waals surface area contributed by atoms with Gasteiger partial charge in [0.2, 0.25) is 0 Å². The van der Waals surface area contributed by atoms with Crippen LogP contribution in [0.3, 0.4) is 0 Å². The molecule has 2 N–H and O–H groups in total. The molecule has 10 nitrogen and oxygen atoms in total. The summed E-state index contributed by atoms with van der Waals surface area (Å²) in [4.78, 5) is 14.6. The molecule has 0 amide bonds. The van der Waals surface area contributed by atoms with Gasteiger partial charge in [-0.15, -0.1) is 0 Å². The zero-order chi connectivity index (χ0) is 28.8. The third-order valence-corrected chi connectivity index (χ3v) is 9.41. The molecule has 4 aromatic rings. The van der Waals surface area contributed by atoms with Gasteiger partial charge < -0.3 is 24.6 Å². The Morgan fingerprint density at radius 1 is 1.24 bits per heavy atom. The van der Waals surface area contributed by atoms with Crippen molar-refractivity contribution >= 4 is 39.2 Å². The topological polar surface area (TPSA) is 115 Å². The predicted octanol–water partition coefficient (Wildman–Crippen LogP) is 4.62. The van der Waals surface area contributed by atoms with Crippen molar-refractivity contribution in [1.82, 2.24) is 30.4 Å². The number of H-pyrrole nitrogens is 1. The summed E-state index contributed by atoms with van der Waals surface area (Å²) in [6.07, 6.45) is 6.30. The molecule has 11 heteroatoms. The molecule has 0 unspecified atom stereocenters. The second-order valence-corrected chi connectivity index (χ2v) is 12.0. The molecule has 0 saturated carbocycles. The summed E-state index contributed by atoms with van der Waals surface area (Å²) in [7, 11) is 2.14. The van der Waals surface area contributed by atoms with Gasteiger partial charge >= 0.3 is 6.01 Å². The Hall–Kier alpha value is -3.65. The van der Waals surface area contributed by atoms with Crippen molar-refractivity contribution in [2.24, 2.45) is 0 Å². The molecule has 2 saturated heterocycles. The molecule has 0 spiro atoms. The molecule has 3 aliphatic rings. The third kappa shape index (κ3) is 4.79. The van der Waals surface area contributed by atoms with E-state index in [1.807, 2.05) is 19.2 Å². The van der Waals surface area contributed by atoms with Crippen LogP contribution in [0.4, 0.5) is 5.82 Å². The van der Waals surface area contributed by atoms with Gasteiger partial charge in [-0.25, -0.2) is 0 Å². The summed E-state index contributed by atoms with van der Waals surface area (Å²) >= 11 is 7.04. The van der Waals surface area contributed by atoms with E-state index in [1.54, 1.807) is 0 Å². The van der Waals surface area contributed by atoms with Gasteiger partial charge in [0.05, 0.1) is 46.7 Å². The van der Waals surface area contributed by atoms with Gasteiger partial charge in [0, 0.05) is 48.2 Å². The minimum absolute atomic E-state index is 0.0572. The number of benzene rings is 2. The molecule has 2 atom stereocenters. The lowest BCUT2D eigenvalue weighted by Gasteiger charge is -2.35. The van der Waals surface area contributed by atoms with E-state index in [0.717, 1.165) is 94.5 Å². The van der Waals surface area contributed by atoms with Crippen LogP contribution in [0.15, 0.2) is 18.3 Å². The molecule has 2 aromatic carbocycles. The highest BCUT2D eigenvalue weighted by Crippen LogP contribution is 2.47. The van der Waals surface area contributed by atoms with E-state index in [4.69, 9.17) is 31.0 Å². The van der Waals surface area contributed by atoms with E-state index in [9.17, 15) is 5.26 Å². The summed E-state index contributed by atoms with van der Waals surface area (Å²) in [6, 6.07) is 7.24. The van der Waals surface area contributed by atoms with Crippen molar-refractivity contribution in [3.63, 3.8) is 0 Å². The second kappa shape index (κ2) is 11.2. The number of aromatic amines is 1. The normalized spacial score (nSPS) is 21.0. The Morgan fingerprint density at radius 2 is 2.14 bits per heavy atom. The quantitative estimate of drug-likeness (QED) is 0.334. The molecule has 0 bridgehead atoms. The van der Waals surface area contributed by atoms with Crippen molar-refractivity contribution in [1.29, 1.82) is 5.26 Å². The Bertz CT molecular complexity index is 1700. The maximum Gasteiger partial charge on any atom is 0.319 e. The Balaban J connectivity index is 1.43. The smallest absolute Gasteiger partial charge is 0.319 e. The van der Waals surface area contributed by atoms with Crippen LogP contribution in [0.2, 0.25) is 5.02 Å². The Morgan fingerprint density at radius 3 is 2.98 bits per heavy atom. The van der Waals surface area contributed by atoms with Crippen molar-refractivity contribution < 1.29 is 9.47 Å². The van der Waals surface area contributed by atoms with Gasteiger partial charge in [0.1, 0.15) is 18.2 Å². The van der Waals surface area contributed by atoms with Crippen LogP contribution in [0.1, 0.15) is 36.8 Å². The summed E-state index contributed by atoms with van der Waals surface area (Å²) in [5.74, 6) is 1.61. The maximum atomic E-state index is 9.39. The molecule has 0 aliphatic carbocycles. The van der Waals surface area contributed by atoms with Gasteiger partial charge in [0.25, 0.3) is 0 Å². The summed E-state index contributed by atoms with van der Waals surface area (Å²) in [6.45, 7) is 6.44. The molecule has 2 fully saturated rings. The largest absolute Gasteiger partial charge is 0.492 e. The van der Waals surface area contributed by atoms with Crippen LogP contribution in [-0.2, 0) is 6.42 Å². The fourth-order valence-corrected chi connectivity index (χ4v) is 6.96. The second-order valence-electron chi connectivity index (χ2n) is 11.7. The van der Waals surface area contributed by atoms with Gasteiger partial charge in [-0.05, 0) is 69.5 Å². The minimum atomic E-state index is 0.0572. The van der Waals surface area contributed by atoms with Gasteiger partial charge in [-0.3, -0.25) is 5.10 Å². The van der Waals surface area contributed by atoms with Crippen LogP contribution >= 0.6 is 11.6 Å². The zero-order valence-electron chi connectivity index (χ0n) is 24.0. The third-order valence-electron chi connectivity index (χ3n) is 8.93. The van der Waals surface area contributed by atoms with Gasteiger partial charge in [0.15, 0.2) is 0 Å². The van der Waals surface area contributed by atoms with E-state index in [0.29, 0.717) is 43.3 Å². The molecule has 5 heterocycles. The first-order valence-electron chi connectivity index (χ1n) is 14.8. The molecule has 3 aliphatic heterocycles. The van der Waals surface area contributed by atoms with Gasteiger partial charge in [-0.1, -0.05) is 11.6 Å². The van der Waals surface area contributed by atoms with E-state index < -0.39 is 0 Å². The van der Waals surface area contributed by atoms with Crippen molar-refractivity contribution in [3.8, 4) is 29.0 Å². The minimum Gasteiger partial charge on any atom is -0.492 e. The summed E-state index contributed by atoms with van der Waals surface area (Å²) in [5.41, 5.74) is 5.73. The fourth-order valence-electron chi connectivity index (χ4n) is 6.70. The highest BCUT2D eigenvalue weighted by Gasteiger charge is 2.30. The highest BCUT2D eigenvalue weighted by molar-refractivity contribution is 6.36. The number of halogens is 1. The first-order chi connectivity index (χ1) is 20.5. The van der Waals surface area contributed by atoms with Gasteiger partial charge in [-0.2, -0.15) is 20.3 Å². The first kappa shape index (κ1) is 27.2. The Kier molecular flexibility index (Phi) is 7.26. The molecular formula is C31H35ClN8O2. The van der Waals surface area contributed by atoms with Crippen LogP contribution in [0, 0.1) is 18.3 Å². The average Bonchev–Trinajstić information content (AvgIpc) is 3.64. The van der Waals surface area contributed by atoms with E-state index in [-0.39, 0.29) is 6.04 Å². The number of hydrogen-bond donors (Lipinski definition) is 2. The fraction of sp³-hybridized carbons (Fsp3) is 0.484. The number of aromatic nitrogens is 4. The van der Waals surface area contributed by atoms with E-state index in [1.165, 1.54) is 6.42 Å². The predicted molar refractivity (Wildman–Crippen MR) is 164 cm³/mol. The Labute approximate surface area is 250 Å². The highest BCUT2D eigenvalue weighted by atomic mass is 35.5. The molecule has 2 aromatic heterocycles. The number of nitrogens with zero attached hydrogens (tertiary/aromatic N) is 6. The number of anilines is 1. The number of piperazine rings is 1. The number of nitrogens with one attached hydrogen (secondary N) is 2. The number of likely N-dealkylation sites (N-methyl/N-ethyl adjacent to an activating group) is 1. The number of hydrogen-bond acceptors (Lipinski definition) is 9. The number of fused-ring (bicyclic) bond motifs is 4. The number of aryl methyl sites for hydroxylation is 1. The lowest BCUT2D eigenvalue weighted by molar-refractivity contribution is 0.188. The van der Waals surface area contributed by atoms with Crippen molar-refractivity contribution in [3.05, 3.63) is 34.5 Å². The number of rotatable bonds is 6. The van der Waals surface area contributed by atoms with E-state index in [2.05, 4.69) is 44.5 Å². The SMILES string of the molecule is Cc1cc2[nH]ncc2c(-c2cc3nc(OC[C@@H]4CCCN4C)nc(N4CCN[C@@H](CC#N)C4)c3c3c2CCCO3)c1Cl. The van der Waals surface area contributed by atoms with Crippen LogP contribution in [0.25, 0.3) is 32.9 Å². The number of ether oxygens (including phenoxy) is 2. The number of nitriles is 1. The molecule has 218 valence electrons. The average molecular weight is 587 g/mol. The van der Waals surface area contributed by atoms with E-state index >= 15 is 0 Å². The summed E-state index contributed by atoms with van der Waals surface area (Å²) < 4.78 is 12.8. The van der Waals surface area contributed by atoms with Crippen LogP contribution < -0.4 is 19.7 Å². The monoisotopic (exact) mass is 586 g/mol. The first-order valence-corrected chi connectivity index (χ1v) is 15.2. The zero-order valence-corrected chi connectivity index (χ0v) is 24.8. The molecule has 0 radical (unpaired) electrons. The van der Waals surface area contributed by atoms with Crippen LogP contribution in [-0.4, -0.2) is 83.6 Å². The van der Waals surface area contributed by atoms with Crippen molar-refractivity contribution in [2.75, 3.05) is 51.3 Å². The number of likely N-dealkylation sites (tertiary alicyclic amines) is 1. The molecule has 7 rings (SSSR count). The summed E-state index contributed by atoms with van der Waals surface area (Å²) in [5, 5.41) is 22.9.